The molecule has 0 bridgehead atoms. The second kappa shape index (κ2) is 6.19. The maximum absolute atomic E-state index is 13.4. The maximum Gasteiger partial charge on any atom is 0.126 e. The lowest BCUT2D eigenvalue weighted by Gasteiger charge is -2.18. The van der Waals surface area contributed by atoms with Crippen LogP contribution in [0.4, 0.5) is 4.39 Å². The second-order valence-electron chi connectivity index (χ2n) is 5.55. The van der Waals surface area contributed by atoms with Crippen LogP contribution >= 0.6 is 0 Å². The van der Waals surface area contributed by atoms with E-state index in [9.17, 15) is 4.39 Å². The zero-order valence-corrected chi connectivity index (χ0v) is 12.6. The molecule has 0 fully saturated rings. The van der Waals surface area contributed by atoms with Gasteiger partial charge in [-0.2, -0.15) is 0 Å². The molecule has 0 heterocycles. The summed E-state index contributed by atoms with van der Waals surface area (Å²) in [5, 5.41) is 3.33. The van der Waals surface area contributed by atoms with Gasteiger partial charge < -0.3 is 5.32 Å². The van der Waals surface area contributed by atoms with E-state index in [1.165, 1.54) is 16.7 Å². The molecule has 0 aliphatic heterocycles. The molecule has 0 aromatic heterocycles. The van der Waals surface area contributed by atoms with Gasteiger partial charge in [0, 0.05) is 6.04 Å². The smallest absolute Gasteiger partial charge is 0.126 e. The van der Waals surface area contributed by atoms with E-state index < -0.39 is 0 Å². The number of halogens is 1. The first-order chi connectivity index (χ1) is 9.49. The molecule has 20 heavy (non-hydrogen) atoms. The van der Waals surface area contributed by atoms with Gasteiger partial charge in [-0.25, -0.2) is 4.39 Å². The van der Waals surface area contributed by atoms with Crippen LogP contribution in [0.25, 0.3) is 0 Å². The molecule has 106 valence electrons. The number of likely N-dealkylation sites (N-methyl/N-ethyl adjacent to an activating group) is 1. The zero-order valence-electron chi connectivity index (χ0n) is 12.6. The molecule has 0 saturated carbocycles. The van der Waals surface area contributed by atoms with Gasteiger partial charge in [-0.15, -0.1) is 0 Å². The molecule has 0 amide bonds. The Labute approximate surface area is 120 Å². The van der Waals surface area contributed by atoms with Crippen LogP contribution in [0.1, 0.15) is 33.9 Å². The highest BCUT2D eigenvalue weighted by Gasteiger charge is 2.12. The fourth-order valence-corrected chi connectivity index (χ4v) is 2.69. The molecule has 1 atom stereocenters. The van der Waals surface area contributed by atoms with Gasteiger partial charge in [-0.1, -0.05) is 41.5 Å². The van der Waals surface area contributed by atoms with E-state index in [0.717, 1.165) is 12.0 Å². The van der Waals surface area contributed by atoms with Gasteiger partial charge in [0.15, 0.2) is 0 Å². The first-order valence-corrected chi connectivity index (χ1v) is 7.00. The summed E-state index contributed by atoms with van der Waals surface area (Å²) >= 11 is 0. The predicted octanol–water partition coefficient (Wildman–Crippen LogP) is 4.25. The second-order valence-corrected chi connectivity index (χ2v) is 5.55. The van der Waals surface area contributed by atoms with E-state index in [4.69, 9.17) is 0 Å². The summed E-state index contributed by atoms with van der Waals surface area (Å²) in [4.78, 5) is 0. The number of rotatable bonds is 4. The molecule has 1 N–H and O–H groups in total. The van der Waals surface area contributed by atoms with E-state index in [2.05, 4.69) is 37.4 Å². The molecule has 1 unspecified atom stereocenters. The number of aryl methyl sites for hydroxylation is 3. The Morgan fingerprint density at radius 3 is 2.20 bits per heavy atom. The molecule has 1 nitrogen and oxygen atoms in total. The number of hydrogen-bond donors (Lipinski definition) is 1. The molecular weight excluding hydrogens is 249 g/mol. The molecular formula is C18H22FN. The standard InChI is InChI=1S/C18H22FN/c1-12-7-13(2)9-15(8-12)11-18(20-4)16-5-6-17(19)14(3)10-16/h5-10,18,20H,11H2,1-4H3. The van der Waals surface area contributed by atoms with E-state index >= 15 is 0 Å². The average Bonchev–Trinajstić information content (AvgIpc) is 2.38. The lowest BCUT2D eigenvalue weighted by molar-refractivity contribution is 0.582. The van der Waals surface area contributed by atoms with Crippen LogP contribution in [0.5, 0.6) is 0 Å². The normalized spacial score (nSPS) is 12.4. The van der Waals surface area contributed by atoms with Gasteiger partial charge in [0.1, 0.15) is 5.82 Å². The molecule has 2 aromatic rings. The van der Waals surface area contributed by atoms with Crippen molar-refractivity contribution in [2.75, 3.05) is 7.05 Å². The Bertz CT molecular complexity index is 584. The van der Waals surface area contributed by atoms with Gasteiger partial charge in [-0.3, -0.25) is 0 Å². The highest BCUT2D eigenvalue weighted by Crippen LogP contribution is 2.21. The summed E-state index contributed by atoms with van der Waals surface area (Å²) < 4.78 is 13.4. The van der Waals surface area contributed by atoms with Crippen molar-refractivity contribution in [2.24, 2.45) is 0 Å². The molecule has 2 rings (SSSR count). The monoisotopic (exact) mass is 271 g/mol. The highest BCUT2D eigenvalue weighted by atomic mass is 19.1. The molecule has 0 saturated heterocycles. The zero-order chi connectivity index (χ0) is 14.7. The lowest BCUT2D eigenvalue weighted by atomic mass is 9.95. The van der Waals surface area contributed by atoms with Gasteiger partial charge in [-0.05, 0) is 57.0 Å². The van der Waals surface area contributed by atoms with E-state index in [0.29, 0.717) is 5.56 Å². The fraction of sp³-hybridized carbons (Fsp3) is 0.333. The Morgan fingerprint density at radius 1 is 1.00 bits per heavy atom. The van der Waals surface area contributed by atoms with Crippen LogP contribution in [-0.4, -0.2) is 7.05 Å². The fourth-order valence-electron chi connectivity index (χ4n) is 2.69. The summed E-state index contributed by atoms with van der Waals surface area (Å²) in [6, 6.07) is 12.2. The first kappa shape index (κ1) is 14.7. The van der Waals surface area contributed by atoms with E-state index in [-0.39, 0.29) is 11.9 Å². The van der Waals surface area contributed by atoms with Gasteiger partial charge in [0.25, 0.3) is 0 Å². The SMILES string of the molecule is CNC(Cc1cc(C)cc(C)c1)c1ccc(F)c(C)c1. The molecule has 0 aliphatic carbocycles. The van der Waals surface area contributed by atoms with Gasteiger partial charge >= 0.3 is 0 Å². The predicted molar refractivity (Wildman–Crippen MR) is 82.6 cm³/mol. The van der Waals surface area contributed by atoms with Crippen molar-refractivity contribution in [1.82, 2.24) is 5.32 Å². The molecule has 0 radical (unpaired) electrons. The van der Waals surface area contributed by atoms with Crippen molar-refractivity contribution in [1.29, 1.82) is 0 Å². The van der Waals surface area contributed by atoms with Crippen molar-refractivity contribution in [3.63, 3.8) is 0 Å². The largest absolute Gasteiger partial charge is 0.313 e. The Morgan fingerprint density at radius 2 is 1.65 bits per heavy atom. The Balaban J connectivity index is 2.26. The summed E-state index contributed by atoms with van der Waals surface area (Å²) in [6.07, 6.45) is 0.907. The number of nitrogens with one attached hydrogen (secondary N) is 1. The van der Waals surface area contributed by atoms with Crippen LogP contribution in [0, 0.1) is 26.6 Å². The summed E-state index contributed by atoms with van der Waals surface area (Å²) in [5.74, 6) is -0.144. The Hall–Kier alpha value is -1.67. The van der Waals surface area contributed by atoms with E-state index in [1.807, 2.05) is 26.1 Å². The highest BCUT2D eigenvalue weighted by molar-refractivity contribution is 5.32. The topological polar surface area (TPSA) is 12.0 Å². The minimum atomic E-state index is -0.144. The minimum Gasteiger partial charge on any atom is -0.313 e. The lowest BCUT2D eigenvalue weighted by Crippen LogP contribution is -2.19. The third-order valence-corrected chi connectivity index (χ3v) is 3.65. The van der Waals surface area contributed by atoms with Crippen molar-refractivity contribution >= 4 is 0 Å². The molecule has 2 aromatic carbocycles. The third-order valence-electron chi connectivity index (χ3n) is 3.65. The summed E-state index contributed by atoms with van der Waals surface area (Å²) in [7, 11) is 1.95. The minimum absolute atomic E-state index is 0.144. The maximum atomic E-state index is 13.4. The van der Waals surface area contributed by atoms with Crippen molar-refractivity contribution in [3.05, 3.63) is 70.0 Å². The van der Waals surface area contributed by atoms with Crippen LogP contribution in [0.2, 0.25) is 0 Å². The first-order valence-electron chi connectivity index (χ1n) is 7.00. The van der Waals surface area contributed by atoms with Gasteiger partial charge in [0.2, 0.25) is 0 Å². The van der Waals surface area contributed by atoms with E-state index in [1.54, 1.807) is 6.07 Å². The number of hydrogen-bond acceptors (Lipinski definition) is 1. The summed E-state index contributed by atoms with van der Waals surface area (Å²) in [5.41, 5.74) is 5.70. The van der Waals surface area contributed by atoms with Crippen molar-refractivity contribution < 1.29 is 4.39 Å². The Kier molecular flexibility index (Phi) is 4.56. The van der Waals surface area contributed by atoms with Crippen molar-refractivity contribution in [3.8, 4) is 0 Å². The number of benzene rings is 2. The van der Waals surface area contributed by atoms with Gasteiger partial charge in [0.05, 0.1) is 0 Å². The molecule has 0 aliphatic rings. The molecule has 2 heteroatoms. The molecule has 0 spiro atoms. The third kappa shape index (κ3) is 3.45. The van der Waals surface area contributed by atoms with Crippen LogP contribution in [-0.2, 0) is 6.42 Å². The average molecular weight is 271 g/mol. The van der Waals surface area contributed by atoms with Crippen LogP contribution in [0.3, 0.4) is 0 Å². The van der Waals surface area contributed by atoms with Crippen LogP contribution < -0.4 is 5.32 Å². The summed E-state index contributed by atoms with van der Waals surface area (Å²) in [6.45, 7) is 6.04. The quantitative estimate of drug-likeness (QED) is 0.876. The van der Waals surface area contributed by atoms with Crippen LogP contribution in [0.15, 0.2) is 36.4 Å². The van der Waals surface area contributed by atoms with Crippen molar-refractivity contribution in [2.45, 2.75) is 33.2 Å².